The van der Waals surface area contributed by atoms with Crippen LogP contribution in [0.15, 0.2) is 66.7 Å². The Morgan fingerprint density at radius 1 is 1.00 bits per heavy atom. The predicted octanol–water partition coefficient (Wildman–Crippen LogP) is 4.80. The first-order valence-electron chi connectivity index (χ1n) is 9.99. The van der Waals surface area contributed by atoms with E-state index >= 15 is 0 Å². The topological polar surface area (TPSA) is 56.2 Å². The van der Waals surface area contributed by atoms with Gasteiger partial charge in [-0.05, 0) is 54.4 Å². The minimum Gasteiger partial charge on any atom is -0.484 e. The van der Waals surface area contributed by atoms with E-state index in [-0.39, 0.29) is 12.5 Å². The van der Waals surface area contributed by atoms with Gasteiger partial charge in [-0.25, -0.2) is 0 Å². The Kier molecular flexibility index (Phi) is 5.53. The normalized spacial score (nSPS) is 10.9. The second-order valence-electron chi connectivity index (χ2n) is 7.49. The Bertz CT molecular complexity index is 1190. The van der Waals surface area contributed by atoms with Crippen LogP contribution < -0.4 is 10.1 Å². The molecule has 0 atom stereocenters. The van der Waals surface area contributed by atoms with Crippen molar-refractivity contribution in [3.63, 3.8) is 0 Å². The van der Waals surface area contributed by atoms with Crippen LogP contribution in [0.5, 0.6) is 5.75 Å². The fraction of sp³-hybridized carbons (Fsp3) is 0.200. The highest BCUT2D eigenvalue weighted by atomic mass is 16.5. The fourth-order valence-electron chi connectivity index (χ4n) is 3.59. The van der Waals surface area contributed by atoms with Crippen molar-refractivity contribution in [1.82, 2.24) is 9.78 Å². The van der Waals surface area contributed by atoms with Crippen LogP contribution >= 0.6 is 0 Å². The third-order valence-electron chi connectivity index (χ3n) is 5.37. The van der Waals surface area contributed by atoms with Gasteiger partial charge in [-0.3, -0.25) is 9.48 Å². The smallest absolute Gasteiger partial charge is 0.262 e. The molecule has 1 aromatic heterocycles. The van der Waals surface area contributed by atoms with Gasteiger partial charge in [0.1, 0.15) is 5.75 Å². The number of aryl methyl sites for hydroxylation is 2. The number of nitrogens with one attached hydrogen (secondary N) is 1. The quantitative estimate of drug-likeness (QED) is 0.507. The number of rotatable bonds is 6. The lowest BCUT2D eigenvalue weighted by atomic mass is 10.0. The molecule has 152 valence electrons. The van der Waals surface area contributed by atoms with Gasteiger partial charge in [0, 0.05) is 30.4 Å². The standard InChI is InChI=1S/C25H25N3O2/c1-17-24(18(2)28(3)27-17)14-19-8-11-22(12-9-19)26-25(29)16-30-23-13-10-20-6-4-5-7-21(20)15-23/h4-13,15H,14,16H2,1-3H3,(H,26,29). The van der Waals surface area contributed by atoms with Crippen LogP contribution in [0.2, 0.25) is 0 Å². The van der Waals surface area contributed by atoms with Crippen LogP contribution in [-0.2, 0) is 18.3 Å². The first-order chi connectivity index (χ1) is 14.5. The van der Waals surface area contributed by atoms with E-state index in [1.807, 2.05) is 85.4 Å². The Morgan fingerprint density at radius 2 is 1.73 bits per heavy atom. The van der Waals surface area contributed by atoms with Crippen molar-refractivity contribution in [2.75, 3.05) is 11.9 Å². The third kappa shape index (κ3) is 4.35. The van der Waals surface area contributed by atoms with Crippen LogP contribution in [0.25, 0.3) is 10.8 Å². The molecule has 0 aliphatic carbocycles. The molecule has 1 N–H and O–H groups in total. The first kappa shape index (κ1) is 19.7. The lowest BCUT2D eigenvalue weighted by Crippen LogP contribution is -2.20. The molecule has 4 aromatic rings. The Morgan fingerprint density at radius 3 is 2.43 bits per heavy atom. The van der Waals surface area contributed by atoms with Crippen molar-refractivity contribution in [2.45, 2.75) is 20.3 Å². The van der Waals surface area contributed by atoms with Gasteiger partial charge in [0.25, 0.3) is 5.91 Å². The molecule has 0 radical (unpaired) electrons. The Labute approximate surface area is 176 Å². The number of nitrogens with zero attached hydrogens (tertiary/aromatic N) is 2. The molecule has 3 aromatic carbocycles. The van der Waals surface area contributed by atoms with Crippen LogP contribution in [0, 0.1) is 13.8 Å². The lowest BCUT2D eigenvalue weighted by molar-refractivity contribution is -0.118. The molecule has 0 saturated carbocycles. The number of carbonyl (C=O) groups excluding carboxylic acids is 1. The zero-order valence-corrected chi connectivity index (χ0v) is 17.5. The van der Waals surface area contributed by atoms with Crippen molar-refractivity contribution in [2.24, 2.45) is 7.05 Å². The van der Waals surface area contributed by atoms with E-state index in [0.29, 0.717) is 5.75 Å². The highest BCUT2D eigenvalue weighted by molar-refractivity contribution is 5.92. The molecule has 0 aliphatic heterocycles. The number of fused-ring (bicyclic) bond motifs is 1. The molecule has 5 heteroatoms. The maximum absolute atomic E-state index is 12.3. The van der Waals surface area contributed by atoms with Crippen LogP contribution in [0.1, 0.15) is 22.5 Å². The van der Waals surface area contributed by atoms with Gasteiger partial charge in [-0.2, -0.15) is 5.10 Å². The van der Waals surface area contributed by atoms with Crippen LogP contribution in [0.3, 0.4) is 0 Å². The Hall–Kier alpha value is -3.60. The number of carbonyl (C=O) groups is 1. The van der Waals surface area contributed by atoms with Gasteiger partial charge in [0.05, 0.1) is 5.69 Å². The molecule has 0 aliphatic rings. The van der Waals surface area contributed by atoms with E-state index in [4.69, 9.17) is 4.74 Å². The second kappa shape index (κ2) is 8.41. The molecule has 0 saturated heterocycles. The highest BCUT2D eigenvalue weighted by Gasteiger charge is 2.10. The SMILES string of the molecule is Cc1nn(C)c(C)c1Cc1ccc(NC(=O)COc2ccc3ccccc3c2)cc1. The molecule has 1 heterocycles. The lowest BCUT2D eigenvalue weighted by Gasteiger charge is -2.09. The van der Waals surface area contributed by atoms with Gasteiger partial charge in [-0.1, -0.05) is 42.5 Å². The summed E-state index contributed by atoms with van der Waals surface area (Å²) < 4.78 is 7.57. The van der Waals surface area contributed by atoms with E-state index in [9.17, 15) is 4.79 Å². The van der Waals surface area contributed by atoms with Gasteiger partial charge < -0.3 is 10.1 Å². The predicted molar refractivity (Wildman–Crippen MR) is 120 cm³/mol. The molecule has 30 heavy (non-hydrogen) atoms. The van der Waals surface area contributed by atoms with Crippen molar-refractivity contribution in [3.05, 3.63) is 89.2 Å². The number of ether oxygens (including phenoxy) is 1. The van der Waals surface area contributed by atoms with Gasteiger partial charge in [0.15, 0.2) is 6.61 Å². The minimum absolute atomic E-state index is 0.0336. The van der Waals surface area contributed by atoms with E-state index in [1.54, 1.807) is 0 Å². The maximum atomic E-state index is 12.3. The zero-order valence-electron chi connectivity index (χ0n) is 17.5. The average molecular weight is 399 g/mol. The van der Waals surface area contributed by atoms with Gasteiger partial charge in [0.2, 0.25) is 0 Å². The summed E-state index contributed by atoms with van der Waals surface area (Å²) in [6, 6.07) is 21.8. The number of hydrogen-bond acceptors (Lipinski definition) is 3. The second-order valence-corrected chi connectivity index (χ2v) is 7.49. The summed E-state index contributed by atoms with van der Waals surface area (Å²) in [4.78, 5) is 12.3. The van der Waals surface area contributed by atoms with Crippen molar-refractivity contribution in [1.29, 1.82) is 0 Å². The molecule has 0 spiro atoms. The first-order valence-corrected chi connectivity index (χ1v) is 9.99. The number of amides is 1. The van der Waals surface area contributed by atoms with E-state index in [1.165, 1.54) is 16.8 Å². The zero-order chi connectivity index (χ0) is 21.1. The van der Waals surface area contributed by atoms with E-state index in [0.717, 1.165) is 28.6 Å². The monoisotopic (exact) mass is 399 g/mol. The Balaban J connectivity index is 1.34. The van der Waals surface area contributed by atoms with Crippen molar-refractivity contribution >= 4 is 22.4 Å². The van der Waals surface area contributed by atoms with Crippen LogP contribution in [0.4, 0.5) is 5.69 Å². The van der Waals surface area contributed by atoms with Gasteiger partial charge >= 0.3 is 0 Å². The van der Waals surface area contributed by atoms with Crippen molar-refractivity contribution in [3.8, 4) is 5.75 Å². The number of aromatic nitrogens is 2. The number of anilines is 1. The summed E-state index contributed by atoms with van der Waals surface area (Å²) in [6.45, 7) is 4.08. The summed E-state index contributed by atoms with van der Waals surface area (Å²) in [7, 11) is 1.96. The molecule has 4 rings (SSSR count). The molecular weight excluding hydrogens is 374 g/mol. The van der Waals surface area contributed by atoms with Gasteiger partial charge in [-0.15, -0.1) is 0 Å². The minimum atomic E-state index is -0.185. The molecule has 0 unspecified atom stereocenters. The average Bonchev–Trinajstić information content (AvgIpc) is 2.99. The fourth-order valence-corrected chi connectivity index (χ4v) is 3.59. The molecule has 0 bridgehead atoms. The highest BCUT2D eigenvalue weighted by Crippen LogP contribution is 2.21. The summed E-state index contributed by atoms with van der Waals surface area (Å²) >= 11 is 0. The third-order valence-corrected chi connectivity index (χ3v) is 5.37. The van der Waals surface area contributed by atoms with Crippen molar-refractivity contribution < 1.29 is 9.53 Å². The number of hydrogen-bond donors (Lipinski definition) is 1. The van der Waals surface area contributed by atoms with Crippen LogP contribution in [-0.4, -0.2) is 22.3 Å². The summed E-state index contributed by atoms with van der Waals surface area (Å²) in [5.41, 5.74) is 5.41. The summed E-state index contributed by atoms with van der Waals surface area (Å²) in [5, 5.41) is 9.59. The molecule has 1 amide bonds. The molecule has 5 nitrogen and oxygen atoms in total. The van der Waals surface area contributed by atoms with E-state index in [2.05, 4.69) is 17.3 Å². The maximum Gasteiger partial charge on any atom is 0.262 e. The summed E-state index contributed by atoms with van der Waals surface area (Å²) in [5.74, 6) is 0.497. The van der Waals surface area contributed by atoms with E-state index < -0.39 is 0 Å². The number of benzene rings is 3. The molecule has 0 fully saturated rings. The largest absolute Gasteiger partial charge is 0.484 e. The summed E-state index contributed by atoms with van der Waals surface area (Å²) in [6.07, 6.45) is 0.824. The molecular formula is C25H25N3O2.